The van der Waals surface area contributed by atoms with Gasteiger partial charge in [-0.05, 0) is 48.2 Å². The minimum Gasteiger partial charge on any atom is -0.497 e. The number of nitrogens with one attached hydrogen (secondary N) is 2. The van der Waals surface area contributed by atoms with E-state index in [1.54, 1.807) is 14.2 Å². The van der Waals surface area contributed by atoms with Gasteiger partial charge in [-0.15, -0.1) is 0 Å². The highest BCUT2D eigenvalue weighted by atomic mass is 16.5. The van der Waals surface area contributed by atoms with Crippen molar-refractivity contribution in [1.29, 1.82) is 0 Å². The summed E-state index contributed by atoms with van der Waals surface area (Å²) in [6.07, 6.45) is 1.97. The van der Waals surface area contributed by atoms with Crippen molar-refractivity contribution < 1.29 is 14.3 Å². The fourth-order valence-electron chi connectivity index (χ4n) is 4.24. The van der Waals surface area contributed by atoms with Crippen LogP contribution in [0.4, 0.5) is 0 Å². The summed E-state index contributed by atoms with van der Waals surface area (Å²) in [6.45, 7) is 2.47. The van der Waals surface area contributed by atoms with E-state index in [9.17, 15) is 4.79 Å². The lowest BCUT2D eigenvalue weighted by molar-refractivity contribution is 0.0735. The first-order valence-electron chi connectivity index (χ1n) is 9.80. The zero-order valence-electron chi connectivity index (χ0n) is 16.4. The lowest BCUT2D eigenvalue weighted by atomic mass is 9.97. The normalized spacial score (nSPS) is 19.8. The van der Waals surface area contributed by atoms with Crippen LogP contribution in [0.5, 0.6) is 11.5 Å². The van der Waals surface area contributed by atoms with Gasteiger partial charge in [-0.1, -0.05) is 18.2 Å². The Morgan fingerprint density at radius 1 is 1.07 bits per heavy atom. The van der Waals surface area contributed by atoms with Crippen LogP contribution in [0, 0.1) is 0 Å². The first-order valence-corrected chi connectivity index (χ1v) is 9.80. The lowest BCUT2D eigenvalue weighted by Crippen LogP contribution is -2.30. The molecule has 2 saturated heterocycles. The first kappa shape index (κ1) is 18.8. The Morgan fingerprint density at radius 2 is 1.89 bits per heavy atom. The fraction of sp³-hybridized carbons (Fsp3) is 0.409. The van der Waals surface area contributed by atoms with Gasteiger partial charge in [0.2, 0.25) is 0 Å². The molecule has 2 aliphatic rings. The zero-order valence-corrected chi connectivity index (χ0v) is 16.4. The Hall–Kier alpha value is -2.57. The molecule has 1 atom stereocenters. The number of carbonyl (C=O) groups excluding carboxylic acids is 1. The molecule has 0 saturated carbocycles. The van der Waals surface area contributed by atoms with Gasteiger partial charge in [0.25, 0.3) is 5.91 Å². The van der Waals surface area contributed by atoms with E-state index < -0.39 is 0 Å². The third-order valence-corrected chi connectivity index (χ3v) is 5.73. The van der Waals surface area contributed by atoms with Gasteiger partial charge in [0.15, 0.2) is 0 Å². The topological polar surface area (TPSA) is 62.8 Å². The predicted molar refractivity (Wildman–Crippen MR) is 108 cm³/mol. The lowest BCUT2D eigenvalue weighted by Gasteiger charge is -2.26. The molecule has 2 aromatic rings. The molecule has 4 rings (SSSR count). The molecule has 0 aromatic heterocycles. The van der Waals surface area contributed by atoms with Crippen molar-refractivity contribution in [2.75, 3.05) is 33.9 Å². The molecule has 148 valence electrons. The molecule has 2 fully saturated rings. The second kappa shape index (κ2) is 8.20. The minimum atomic E-state index is 0.0536. The van der Waals surface area contributed by atoms with Gasteiger partial charge in [-0.3, -0.25) is 15.6 Å². The van der Waals surface area contributed by atoms with Gasteiger partial charge in [0.05, 0.1) is 20.3 Å². The van der Waals surface area contributed by atoms with Gasteiger partial charge < -0.3 is 14.4 Å². The standard InChI is InChI=1S/C22H27N3O3/c1-27-18-6-3-5-15(11-18)20-7-4-10-25(20)22(26)16-8-9-19(21(12-16)28-2)17-13-23-24-14-17/h3,5-6,8-9,11-12,17,20,23-24H,4,7,10,13-14H2,1-2H3. The van der Waals surface area contributed by atoms with E-state index in [0.717, 1.165) is 55.1 Å². The van der Waals surface area contributed by atoms with E-state index in [0.29, 0.717) is 11.5 Å². The summed E-state index contributed by atoms with van der Waals surface area (Å²) >= 11 is 0. The fourth-order valence-corrected chi connectivity index (χ4v) is 4.24. The van der Waals surface area contributed by atoms with Crippen molar-refractivity contribution in [3.05, 3.63) is 59.2 Å². The molecule has 0 radical (unpaired) electrons. The van der Waals surface area contributed by atoms with E-state index in [1.165, 1.54) is 0 Å². The van der Waals surface area contributed by atoms with Crippen LogP contribution in [0.2, 0.25) is 0 Å². The average molecular weight is 381 g/mol. The molecule has 0 spiro atoms. The molecule has 28 heavy (non-hydrogen) atoms. The number of hydrogen-bond donors (Lipinski definition) is 2. The number of likely N-dealkylation sites (tertiary alicyclic amines) is 1. The zero-order chi connectivity index (χ0) is 19.5. The number of ether oxygens (including phenoxy) is 2. The van der Waals surface area contributed by atoms with Crippen LogP contribution in [0.1, 0.15) is 46.3 Å². The molecule has 2 N–H and O–H groups in total. The van der Waals surface area contributed by atoms with Crippen LogP contribution in [-0.2, 0) is 0 Å². The van der Waals surface area contributed by atoms with Crippen molar-refractivity contribution in [2.24, 2.45) is 0 Å². The third-order valence-electron chi connectivity index (χ3n) is 5.73. The largest absolute Gasteiger partial charge is 0.497 e. The maximum atomic E-state index is 13.3. The minimum absolute atomic E-state index is 0.0536. The van der Waals surface area contributed by atoms with E-state index >= 15 is 0 Å². The van der Waals surface area contributed by atoms with Crippen LogP contribution >= 0.6 is 0 Å². The van der Waals surface area contributed by atoms with Crippen molar-refractivity contribution in [2.45, 2.75) is 24.8 Å². The third kappa shape index (κ3) is 3.57. The second-order valence-corrected chi connectivity index (χ2v) is 7.35. The van der Waals surface area contributed by atoms with Crippen LogP contribution in [-0.4, -0.2) is 44.7 Å². The molecular weight excluding hydrogens is 354 g/mol. The molecule has 1 unspecified atom stereocenters. The number of carbonyl (C=O) groups is 1. The molecule has 6 heteroatoms. The summed E-state index contributed by atoms with van der Waals surface area (Å²) in [4.78, 5) is 15.3. The number of benzene rings is 2. The molecule has 2 aliphatic heterocycles. The molecule has 0 aliphatic carbocycles. The smallest absolute Gasteiger partial charge is 0.254 e. The van der Waals surface area contributed by atoms with Crippen LogP contribution in [0.25, 0.3) is 0 Å². The summed E-state index contributed by atoms with van der Waals surface area (Å²) in [7, 11) is 3.33. The summed E-state index contributed by atoms with van der Waals surface area (Å²) in [5, 5.41) is 0. The highest BCUT2D eigenvalue weighted by molar-refractivity contribution is 5.95. The summed E-state index contributed by atoms with van der Waals surface area (Å²) < 4.78 is 11.0. The number of hydrogen-bond acceptors (Lipinski definition) is 5. The van der Waals surface area contributed by atoms with E-state index in [-0.39, 0.29) is 11.9 Å². The maximum Gasteiger partial charge on any atom is 0.254 e. The van der Waals surface area contributed by atoms with Gasteiger partial charge in [0.1, 0.15) is 11.5 Å². The molecule has 0 bridgehead atoms. The van der Waals surface area contributed by atoms with Crippen molar-refractivity contribution in [1.82, 2.24) is 15.8 Å². The monoisotopic (exact) mass is 381 g/mol. The van der Waals surface area contributed by atoms with E-state index in [2.05, 4.69) is 16.9 Å². The Labute approximate surface area is 165 Å². The van der Waals surface area contributed by atoms with Gasteiger partial charge in [-0.25, -0.2) is 0 Å². The van der Waals surface area contributed by atoms with Crippen LogP contribution < -0.4 is 20.3 Å². The van der Waals surface area contributed by atoms with Crippen LogP contribution in [0.15, 0.2) is 42.5 Å². The van der Waals surface area contributed by atoms with Gasteiger partial charge >= 0.3 is 0 Å². The van der Waals surface area contributed by atoms with Gasteiger partial charge in [0, 0.05) is 31.1 Å². The highest BCUT2D eigenvalue weighted by Crippen LogP contribution is 2.36. The summed E-state index contributed by atoms with van der Waals surface area (Å²) in [5.74, 6) is 1.99. The summed E-state index contributed by atoms with van der Waals surface area (Å²) in [5.41, 5.74) is 9.22. The SMILES string of the molecule is COc1cccc(C2CCCN2C(=O)c2ccc(C3CNNC3)c(OC)c2)c1. The Kier molecular flexibility index (Phi) is 5.50. The van der Waals surface area contributed by atoms with Crippen molar-refractivity contribution in [3.8, 4) is 11.5 Å². The van der Waals surface area contributed by atoms with Crippen LogP contribution in [0.3, 0.4) is 0 Å². The first-order chi connectivity index (χ1) is 13.7. The quantitative estimate of drug-likeness (QED) is 0.834. The van der Waals surface area contributed by atoms with Crippen molar-refractivity contribution in [3.63, 3.8) is 0 Å². The number of amides is 1. The average Bonchev–Trinajstić information content (AvgIpc) is 3.45. The Bertz CT molecular complexity index is 849. The second-order valence-electron chi connectivity index (χ2n) is 7.35. The van der Waals surface area contributed by atoms with E-state index in [1.807, 2.05) is 41.3 Å². The summed E-state index contributed by atoms with van der Waals surface area (Å²) in [6, 6.07) is 13.9. The maximum absolute atomic E-state index is 13.3. The molecule has 2 aromatic carbocycles. The predicted octanol–water partition coefficient (Wildman–Crippen LogP) is 2.87. The van der Waals surface area contributed by atoms with Gasteiger partial charge in [-0.2, -0.15) is 0 Å². The molecule has 1 amide bonds. The highest BCUT2D eigenvalue weighted by Gasteiger charge is 2.31. The number of hydrazine groups is 1. The van der Waals surface area contributed by atoms with Crippen molar-refractivity contribution >= 4 is 5.91 Å². The number of nitrogens with zero attached hydrogens (tertiary/aromatic N) is 1. The number of rotatable bonds is 5. The molecule has 2 heterocycles. The number of methoxy groups -OCH3 is 2. The molecular formula is C22H27N3O3. The van der Waals surface area contributed by atoms with E-state index in [4.69, 9.17) is 9.47 Å². The Morgan fingerprint density at radius 3 is 2.64 bits per heavy atom. The molecule has 6 nitrogen and oxygen atoms in total. The Balaban J connectivity index is 1.59.